The predicted molar refractivity (Wildman–Crippen MR) is 98.3 cm³/mol. The summed E-state index contributed by atoms with van der Waals surface area (Å²) in [6, 6.07) is 11.4. The quantitative estimate of drug-likeness (QED) is 0.679. The van der Waals surface area contributed by atoms with Gasteiger partial charge in [-0.3, -0.25) is 4.79 Å². The third-order valence-corrected chi connectivity index (χ3v) is 4.93. The number of hydrogen-bond acceptors (Lipinski definition) is 6. The second-order valence-corrected chi connectivity index (χ2v) is 6.72. The average molecular weight is 386 g/mol. The maximum Gasteiger partial charge on any atom is 0.234 e. The van der Waals surface area contributed by atoms with Gasteiger partial charge in [0.05, 0.1) is 5.75 Å². The van der Waals surface area contributed by atoms with Gasteiger partial charge in [-0.05, 0) is 24.3 Å². The Bertz CT molecular complexity index is 1010. The van der Waals surface area contributed by atoms with E-state index < -0.39 is 0 Å². The van der Waals surface area contributed by atoms with Crippen molar-refractivity contribution in [1.82, 2.24) is 14.8 Å². The minimum Gasteiger partial charge on any atom is -0.454 e. The summed E-state index contributed by atoms with van der Waals surface area (Å²) in [5.41, 5.74) is 1.25. The Morgan fingerprint density at radius 1 is 1.22 bits per heavy atom. The van der Waals surface area contributed by atoms with Gasteiger partial charge in [-0.2, -0.15) is 0 Å². The first-order chi connectivity index (χ1) is 13.1. The molecule has 0 saturated carbocycles. The summed E-state index contributed by atoms with van der Waals surface area (Å²) in [5, 5.41) is 11.5. The summed E-state index contributed by atoms with van der Waals surface area (Å²) in [6.45, 7) is 0.183. The van der Waals surface area contributed by atoms with Crippen LogP contribution in [-0.2, 0) is 11.8 Å². The van der Waals surface area contributed by atoms with E-state index in [4.69, 9.17) is 9.47 Å². The Morgan fingerprint density at radius 3 is 2.93 bits per heavy atom. The third kappa shape index (κ3) is 3.72. The van der Waals surface area contributed by atoms with Gasteiger partial charge in [0.15, 0.2) is 22.5 Å². The SMILES string of the molecule is Cn1c(SCC(=O)Nc2ccc3c(c2)OCO3)nnc1-c1cccc(F)c1. The van der Waals surface area contributed by atoms with Crippen molar-refractivity contribution in [3.63, 3.8) is 0 Å². The lowest BCUT2D eigenvalue weighted by Crippen LogP contribution is -2.14. The number of aromatic nitrogens is 3. The third-order valence-electron chi connectivity index (χ3n) is 3.91. The van der Waals surface area contributed by atoms with Crippen molar-refractivity contribution in [2.24, 2.45) is 7.05 Å². The van der Waals surface area contributed by atoms with Crippen LogP contribution in [0.2, 0.25) is 0 Å². The molecule has 0 spiro atoms. The number of carbonyl (C=O) groups is 1. The van der Waals surface area contributed by atoms with Gasteiger partial charge in [0, 0.05) is 24.4 Å². The fourth-order valence-electron chi connectivity index (χ4n) is 2.62. The summed E-state index contributed by atoms with van der Waals surface area (Å²) in [7, 11) is 1.78. The summed E-state index contributed by atoms with van der Waals surface area (Å²) >= 11 is 1.25. The molecule has 2 heterocycles. The number of ether oxygens (including phenoxy) is 2. The van der Waals surface area contributed by atoms with Gasteiger partial charge in [-0.1, -0.05) is 23.9 Å². The van der Waals surface area contributed by atoms with E-state index in [1.807, 2.05) is 0 Å². The number of nitrogens with one attached hydrogen (secondary N) is 1. The zero-order valence-electron chi connectivity index (χ0n) is 14.3. The van der Waals surface area contributed by atoms with Gasteiger partial charge < -0.3 is 19.4 Å². The molecule has 0 unspecified atom stereocenters. The molecule has 3 aromatic rings. The molecule has 27 heavy (non-hydrogen) atoms. The number of nitrogens with zero attached hydrogens (tertiary/aromatic N) is 3. The number of rotatable bonds is 5. The Kier molecular flexibility index (Phi) is 4.68. The van der Waals surface area contributed by atoms with Crippen LogP contribution in [0.4, 0.5) is 10.1 Å². The number of carbonyl (C=O) groups excluding carboxylic acids is 1. The van der Waals surface area contributed by atoms with E-state index in [0.29, 0.717) is 33.7 Å². The standard InChI is InChI=1S/C18H15FN4O3S/c1-23-17(11-3-2-4-12(19)7-11)21-22-18(23)27-9-16(24)20-13-5-6-14-15(8-13)26-10-25-14/h2-8H,9-10H2,1H3,(H,20,24). The lowest BCUT2D eigenvalue weighted by molar-refractivity contribution is -0.113. The lowest BCUT2D eigenvalue weighted by Gasteiger charge is -2.06. The zero-order chi connectivity index (χ0) is 18.8. The number of fused-ring (bicyclic) bond motifs is 1. The maximum absolute atomic E-state index is 13.4. The average Bonchev–Trinajstić information content (AvgIpc) is 3.26. The molecule has 0 saturated heterocycles. The highest BCUT2D eigenvalue weighted by Crippen LogP contribution is 2.34. The Labute approximate surface area is 158 Å². The minimum absolute atomic E-state index is 0.156. The van der Waals surface area contributed by atoms with Crippen LogP contribution in [0.1, 0.15) is 0 Å². The summed E-state index contributed by atoms with van der Waals surface area (Å²) < 4.78 is 25.7. The molecule has 0 radical (unpaired) electrons. The van der Waals surface area contributed by atoms with E-state index in [-0.39, 0.29) is 24.3 Å². The van der Waals surface area contributed by atoms with Crippen molar-refractivity contribution in [2.45, 2.75) is 5.16 Å². The molecule has 0 fully saturated rings. The van der Waals surface area contributed by atoms with Gasteiger partial charge in [0.1, 0.15) is 5.82 Å². The first-order valence-corrected chi connectivity index (χ1v) is 9.06. The highest BCUT2D eigenvalue weighted by molar-refractivity contribution is 7.99. The van der Waals surface area contributed by atoms with Crippen molar-refractivity contribution in [3.8, 4) is 22.9 Å². The molecule has 138 valence electrons. The van der Waals surface area contributed by atoms with Crippen LogP contribution in [0, 0.1) is 5.82 Å². The first kappa shape index (κ1) is 17.3. The summed E-state index contributed by atoms with van der Waals surface area (Å²) in [5.74, 6) is 1.43. The molecule has 1 aromatic heterocycles. The topological polar surface area (TPSA) is 78.3 Å². The van der Waals surface area contributed by atoms with Gasteiger partial charge >= 0.3 is 0 Å². The molecular weight excluding hydrogens is 371 g/mol. The fraction of sp³-hybridized carbons (Fsp3) is 0.167. The maximum atomic E-state index is 13.4. The van der Waals surface area contributed by atoms with Crippen LogP contribution in [-0.4, -0.2) is 33.2 Å². The van der Waals surface area contributed by atoms with E-state index in [2.05, 4.69) is 15.5 Å². The molecule has 7 nitrogen and oxygen atoms in total. The van der Waals surface area contributed by atoms with E-state index in [1.54, 1.807) is 41.9 Å². The zero-order valence-corrected chi connectivity index (χ0v) is 15.1. The second kappa shape index (κ2) is 7.28. The highest BCUT2D eigenvalue weighted by atomic mass is 32.2. The number of amides is 1. The highest BCUT2D eigenvalue weighted by Gasteiger charge is 2.16. The van der Waals surface area contributed by atoms with Crippen LogP contribution >= 0.6 is 11.8 Å². The van der Waals surface area contributed by atoms with Crippen LogP contribution in [0.25, 0.3) is 11.4 Å². The summed E-state index contributed by atoms with van der Waals surface area (Å²) in [6.07, 6.45) is 0. The van der Waals surface area contributed by atoms with Crippen LogP contribution < -0.4 is 14.8 Å². The fourth-order valence-corrected chi connectivity index (χ4v) is 3.33. The van der Waals surface area contributed by atoms with Crippen molar-refractivity contribution in [3.05, 3.63) is 48.3 Å². The molecule has 1 aliphatic rings. The molecule has 1 N–H and O–H groups in total. The molecule has 0 atom stereocenters. The molecule has 2 aromatic carbocycles. The first-order valence-electron chi connectivity index (χ1n) is 8.08. The van der Waals surface area contributed by atoms with Gasteiger partial charge in [0.2, 0.25) is 12.7 Å². The Morgan fingerprint density at radius 2 is 2.07 bits per heavy atom. The smallest absolute Gasteiger partial charge is 0.234 e. The Hall–Kier alpha value is -3.07. The molecular formula is C18H15FN4O3S. The number of halogens is 1. The van der Waals surface area contributed by atoms with Gasteiger partial charge in [-0.15, -0.1) is 10.2 Å². The van der Waals surface area contributed by atoms with Gasteiger partial charge in [-0.25, -0.2) is 4.39 Å². The van der Waals surface area contributed by atoms with Crippen LogP contribution in [0.3, 0.4) is 0 Å². The van der Waals surface area contributed by atoms with Crippen molar-refractivity contribution in [2.75, 3.05) is 17.9 Å². The molecule has 1 amide bonds. The number of hydrogen-bond donors (Lipinski definition) is 1. The van der Waals surface area contributed by atoms with E-state index in [0.717, 1.165) is 0 Å². The largest absolute Gasteiger partial charge is 0.454 e. The molecule has 1 aliphatic heterocycles. The summed E-state index contributed by atoms with van der Waals surface area (Å²) in [4.78, 5) is 12.2. The molecule has 0 bridgehead atoms. The van der Waals surface area contributed by atoms with E-state index in [9.17, 15) is 9.18 Å². The minimum atomic E-state index is -0.340. The second-order valence-electron chi connectivity index (χ2n) is 5.78. The van der Waals surface area contributed by atoms with E-state index in [1.165, 1.54) is 23.9 Å². The molecule has 0 aliphatic carbocycles. The lowest BCUT2D eigenvalue weighted by atomic mass is 10.2. The van der Waals surface area contributed by atoms with E-state index >= 15 is 0 Å². The van der Waals surface area contributed by atoms with Crippen molar-refractivity contribution < 1.29 is 18.7 Å². The van der Waals surface area contributed by atoms with Crippen LogP contribution in [0.5, 0.6) is 11.5 Å². The number of benzene rings is 2. The number of thioether (sulfide) groups is 1. The van der Waals surface area contributed by atoms with Crippen molar-refractivity contribution >= 4 is 23.4 Å². The van der Waals surface area contributed by atoms with Crippen LogP contribution in [0.15, 0.2) is 47.6 Å². The van der Waals surface area contributed by atoms with Gasteiger partial charge in [0.25, 0.3) is 0 Å². The monoisotopic (exact) mass is 386 g/mol. The molecule has 9 heteroatoms. The predicted octanol–water partition coefficient (Wildman–Crippen LogP) is 3.08. The Balaban J connectivity index is 1.39. The normalized spacial score (nSPS) is 12.2. The van der Waals surface area contributed by atoms with Crippen molar-refractivity contribution in [1.29, 1.82) is 0 Å². The molecule has 4 rings (SSSR count). The number of anilines is 1.